The molecular weight excluding hydrogens is 377 g/mol. The third-order valence-corrected chi connectivity index (χ3v) is 4.74. The first-order valence-electron chi connectivity index (χ1n) is 7.84. The number of aliphatic hydroxyl groups excluding tert-OH is 1. The molecule has 0 aromatic heterocycles. The van der Waals surface area contributed by atoms with Crippen molar-refractivity contribution in [3.8, 4) is 5.75 Å². The predicted molar refractivity (Wildman–Crippen MR) is 99.1 cm³/mol. The summed E-state index contributed by atoms with van der Waals surface area (Å²) in [5, 5.41) is 10.7. The average Bonchev–Trinajstić information content (AvgIpc) is 2.95. The van der Waals surface area contributed by atoms with Gasteiger partial charge in [0, 0.05) is 23.1 Å². The third kappa shape index (κ3) is 5.82. The van der Waals surface area contributed by atoms with E-state index in [-0.39, 0.29) is 12.7 Å². The number of halogens is 2. The lowest BCUT2D eigenvalue weighted by molar-refractivity contribution is -0.0829. The molecule has 2 rings (SSSR count). The number of hydrogen-bond donors (Lipinski definition) is 1. The number of hydrogen-bond acceptors (Lipinski definition) is 5. The van der Waals surface area contributed by atoms with Crippen molar-refractivity contribution in [2.45, 2.75) is 31.8 Å². The van der Waals surface area contributed by atoms with Crippen LogP contribution in [-0.2, 0) is 8.92 Å². The molecule has 1 aromatic rings. The van der Waals surface area contributed by atoms with Crippen molar-refractivity contribution in [2.75, 3.05) is 6.61 Å². The molecule has 0 amide bonds. The molecule has 1 saturated heterocycles. The van der Waals surface area contributed by atoms with Gasteiger partial charge in [-0.1, -0.05) is 30.8 Å². The highest BCUT2D eigenvalue weighted by Crippen LogP contribution is 2.35. The smallest absolute Gasteiger partial charge is 0.158 e. The van der Waals surface area contributed by atoms with Crippen molar-refractivity contribution in [2.24, 2.45) is 0 Å². The van der Waals surface area contributed by atoms with E-state index in [4.69, 9.17) is 39.5 Å². The van der Waals surface area contributed by atoms with E-state index in [1.807, 2.05) is 13.0 Å². The van der Waals surface area contributed by atoms with Gasteiger partial charge in [0.25, 0.3) is 0 Å². The van der Waals surface area contributed by atoms with Crippen LogP contribution in [0.2, 0.25) is 10.0 Å². The largest absolute Gasteiger partial charge is 0.488 e. The second-order valence-corrected chi connectivity index (χ2v) is 7.37. The van der Waals surface area contributed by atoms with Gasteiger partial charge in [0.2, 0.25) is 0 Å². The van der Waals surface area contributed by atoms with E-state index in [0.717, 1.165) is 24.8 Å². The Bertz CT molecular complexity index is 616. The maximum Gasteiger partial charge on any atom is 0.158 e. The highest BCUT2D eigenvalue weighted by atomic mass is 35.5. The molecule has 2 unspecified atom stereocenters. The molecule has 0 aliphatic carbocycles. The molecule has 1 N–H and O–H groups in total. The molecule has 1 fully saturated rings. The zero-order valence-corrected chi connectivity index (χ0v) is 15.5. The quantitative estimate of drug-likeness (QED) is 0.313. The highest BCUT2D eigenvalue weighted by molar-refractivity contribution is 8.53. The van der Waals surface area contributed by atoms with E-state index in [0.29, 0.717) is 22.2 Å². The first-order valence-corrected chi connectivity index (χ1v) is 9.88. The first-order chi connectivity index (χ1) is 11.9. The van der Waals surface area contributed by atoms with Gasteiger partial charge in [-0.3, -0.25) is 0 Å². The molecule has 1 heterocycles. The topological polar surface area (TPSA) is 47.9 Å². The fourth-order valence-corrected chi connectivity index (χ4v) is 3.46. The number of aliphatic hydroxyl groups is 1. The summed E-state index contributed by atoms with van der Waals surface area (Å²) in [6.45, 7) is 2.13. The molecular formula is C14H17BCl2O4PS. The predicted octanol–water partition coefficient (Wildman–Crippen LogP) is 3.87. The molecule has 1 radical (unpaired) electrons. The summed E-state index contributed by atoms with van der Waals surface area (Å²) in [4.78, 5) is 0. The SMILES string of the molecule is [2H]P([B][3H])SO[C@H]1CC(O)O[C@@H]1/C(C)=C/COc1ccc(Cl)cc1Cl. The Balaban J connectivity index is 1.92. The lowest BCUT2D eigenvalue weighted by Gasteiger charge is -2.18. The molecule has 0 saturated carbocycles. The molecule has 0 spiro atoms. The van der Waals surface area contributed by atoms with Crippen molar-refractivity contribution in [3.63, 3.8) is 0 Å². The van der Waals surface area contributed by atoms with Crippen molar-refractivity contribution in [3.05, 3.63) is 39.9 Å². The van der Waals surface area contributed by atoms with E-state index < -0.39 is 20.0 Å². The minimum absolute atomic E-state index is 0.272. The van der Waals surface area contributed by atoms with Crippen LogP contribution in [0.15, 0.2) is 29.8 Å². The first kappa shape index (κ1) is 16.5. The lowest BCUT2D eigenvalue weighted by atomic mass is 10.1. The molecule has 125 valence electrons. The van der Waals surface area contributed by atoms with E-state index in [1.165, 1.54) is 0 Å². The van der Waals surface area contributed by atoms with Gasteiger partial charge >= 0.3 is 0 Å². The zero-order valence-electron chi connectivity index (χ0n) is 14.3. The van der Waals surface area contributed by atoms with Gasteiger partial charge in [-0.15, -0.1) is 0 Å². The van der Waals surface area contributed by atoms with Gasteiger partial charge in [-0.05, 0) is 38.1 Å². The summed E-state index contributed by atoms with van der Waals surface area (Å²) in [5.41, 5.74) is 0.844. The van der Waals surface area contributed by atoms with Crippen molar-refractivity contribution < 1.29 is 18.8 Å². The van der Waals surface area contributed by atoms with Gasteiger partial charge in [-0.25, -0.2) is 0 Å². The summed E-state index contributed by atoms with van der Waals surface area (Å²) in [7, 11) is -0.380. The summed E-state index contributed by atoms with van der Waals surface area (Å²) in [5.74, 6) is 0.525. The van der Waals surface area contributed by atoms with Crippen LogP contribution in [0.25, 0.3) is 0 Å². The van der Waals surface area contributed by atoms with Crippen LogP contribution in [0.5, 0.6) is 5.75 Å². The molecule has 0 bridgehead atoms. The molecule has 23 heavy (non-hydrogen) atoms. The van der Waals surface area contributed by atoms with E-state index in [2.05, 4.69) is 0 Å². The number of benzene rings is 1. The van der Waals surface area contributed by atoms with Crippen molar-refractivity contribution >= 4 is 50.0 Å². The maximum absolute atomic E-state index is 9.72. The van der Waals surface area contributed by atoms with E-state index in [1.54, 1.807) is 18.2 Å². The zero-order chi connectivity index (χ0) is 18.4. The number of rotatable bonds is 8. The van der Waals surface area contributed by atoms with Crippen molar-refractivity contribution in [1.29, 1.82) is 2.61 Å². The second-order valence-electron chi connectivity index (χ2n) is 4.90. The normalized spacial score (nSPS) is 27.3. The van der Waals surface area contributed by atoms with Crippen LogP contribution in [0.3, 0.4) is 0 Å². The van der Waals surface area contributed by atoms with Gasteiger partial charge in [0.05, 0.1) is 6.30 Å². The van der Waals surface area contributed by atoms with Gasteiger partial charge in [-0.2, -0.15) is 0 Å². The third-order valence-electron chi connectivity index (χ3n) is 3.27. The highest BCUT2D eigenvalue weighted by Gasteiger charge is 2.36. The fraction of sp³-hybridized carbons (Fsp3) is 0.429. The van der Waals surface area contributed by atoms with Gasteiger partial charge in [0.1, 0.15) is 32.1 Å². The summed E-state index contributed by atoms with van der Waals surface area (Å²) in [6.07, 6.45) is 0.414. The molecule has 4 atom stereocenters. The van der Waals surface area contributed by atoms with Crippen molar-refractivity contribution in [1.82, 2.24) is 0 Å². The molecule has 1 aliphatic heterocycles. The molecule has 9 heteroatoms. The number of ether oxygens (including phenoxy) is 2. The van der Waals surface area contributed by atoms with Gasteiger partial charge < -0.3 is 18.8 Å². The lowest BCUT2D eigenvalue weighted by Crippen LogP contribution is -2.23. The monoisotopic (exact) mass is 396 g/mol. The Labute approximate surface area is 155 Å². The summed E-state index contributed by atoms with van der Waals surface area (Å²) < 4.78 is 31.3. The van der Waals surface area contributed by atoms with Crippen LogP contribution in [0.1, 0.15) is 13.3 Å². The maximum atomic E-state index is 9.72. The average molecular weight is 397 g/mol. The van der Waals surface area contributed by atoms with Crippen LogP contribution in [-0.4, -0.2) is 40.4 Å². The summed E-state index contributed by atoms with van der Waals surface area (Å²) in [6, 6.07) is 4.99. The Morgan fingerprint density at radius 1 is 1.74 bits per heavy atom. The standard InChI is InChI=1S/C14H17BCl2O4PS/c1-8(14-12(21-23-22-15)7-13(18)20-14)4-5-19-11-3-2-9(16)6-10(11)17/h2-4,6,12-15,18,22H,5,7H2,1H3/b8-4+/t12-,13?,14+,22?/m0/s1/i15T,22D. The van der Waals surface area contributed by atoms with Crippen LogP contribution in [0.4, 0.5) is 0 Å². The van der Waals surface area contributed by atoms with Crippen LogP contribution in [0, 0.1) is 0 Å². The molecule has 1 aliphatic rings. The van der Waals surface area contributed by atoms with Crippen LogP contribution >= 0.6 is 42.5 Å². The minimum Gasteiger partial charge on any atom is -0.488 e. The Morgan fingerprint density at radius 3 is 3.30 bits per heavy atom. The molecule has 1 aromatic carbocycles. The van der Waals surface area contributed by atoms with E-state index >= 15 is 0 Å². The fourth-order valence-electron chi connectivity index (χ4n) is 2.18. The summed E-state index contributed by atoms with van der Waals surface area (Å²) >= 11 is 12.8. The Kier molecular flexibility index (Phi) is 6.84. The van der Waals surface area contributed by atoms with E-state index in [9.17, 15) is 5.11 Å². The second kappa shape index (κ2) is 9.52. The minimum atomic E-state index is -1.42. The molecule has 4 nitrogen and oxygen atoms in total. The van der Waals surface area contributed by atoms with Gasteiger partial charge in [0.15, 0.2) is 6.29 Å². The van der Waals surface area contributed by atoms with Crippen LogP contribution < -0.4 is 4.74 Å². The Morgan fingerprint density at radius 2 is 2.57 bits per heavy atom. The Hall–Kier alpha value is 0.0649.